The lowest BCUT2D eigenvalue weighted by atomic mass is 10.1. The number of hydrogen-bond donors (Lipinski definition) is 4. The second-order valence-electron chi connectivity index (χ2n) is 4.62. The van der Waals surface area contributed by atoms with Crippen LogP contribution in [0.4, 0.5) is 4.79 Å². The van der Waals surface area contributed by atoms with E-state index in [1.54, 1.807) is 0 Å². The molecule has 0 unspecified atom stereocenters. The number of nitrogens with zero attached hydrogens (tertiary/aromatic N) is 1. The van der Waals surface area contributed by atoms with Crippen molar-refractivity contribution in [1.82, 2.24) is 15.7 Å². The average molecular weight is 313 g/mol. The van der Waals surface area contributed by atoms with Crippen LogP contribution in [0.3, 0.4) is 0 Å². The maximum atomic E-state index is 12.0. The zero-order chi connectivity index (χ0) is 15.4. The summed E-state index contributed by atoms with van der Waals surface area (Å²) in [5, 5.41) is 20.2. The Kier molecular flexibility index (Phi) is 4.76. The van der Waals surface area contributed by atoms with E-state index >= 15 is 0 Å². The number of rotatable bonds is 3. The van der Waals surface area contributed by atoms with Crippen LogP contribution in [0.2, 0.25) is 0 Å². The van der Waals surface area contributed by atoms with Gasteiger partial charge in [-0.25, -0.2) is 10.3 Å². The highest BCUT2D eigenvalue weighted by molar-refractivity contribution is 7.15. The number of amides is 3. The molecule has 2 rings (SSSR count). The summed E-state index contributed by atoms with van der Waals surface area (Å²) in [5.41, 5.74) is 1.51. The van der Waals surface area contributed by atoms with Crippen molar-refractivity contribution in [2.45, 2.75) is 18.9 Å². The summed E-state index contributed by atoms with van der Waals surface area (Å²) in [6, 6.07) is 2.89. The van der Waals surface area contributed by atoms with Gasteiger partial charge >= 0.3 is 6.09 Å². The molecule has 1 aromatic heterocycles. The molecule has 0 atom stereocenters. The Morgan fingerprint density at radius 3 is 2.24 bits per heavy atom. The smallest absolute Gasteiger partial charge is 0.407 e. The summed E-state index contributed by atoms with van der Waals surface area (Å²) in [5.74, 6) is -0.959. The summed E-state index contributed by atoms with van der Waals surface area (Å²) in [4.78, 5) is 35.9. The average Bonchev–Trinajstić information content (AvgIpc) is 2.97. The van der Waals surface area contributed by atoms with Gasteiger partial charge in [0.25, 0.3) is 11.8 Å². The molecule has 1 aromatic rings. The summed E-state index contributed by atoms with van der Waals surface area (Å²) in [6.45, 7) is 0.784. The van der Waals surface area contributed by atoms with Crippen LogP contribution in [0.1, 0.15) is 32.2 Å². The van der Waals surface area contributed by atoms with Crippen LogP contribution < -0.4 is 10.8 Å². The van der Waals surface area contributed by atoms with Gasteiger partial charge in [0.15, 0.2) is 0 Å². The van der Waals surface area contributed by atoms with E-state index in [9.17, 15) is 14.4 Å². The third-order valence-electron chi connectivity index (χ3n) is 3.26. The predicted molar refractivity (Wildman–Crippen MR) is 73.7 cm³/mol. The SMILES string of the molecule is O=C(NO)c1ccc(C(=O)NC2CCN(C(=O)O)CC2)s1. The first-order chi connectivity index (χ1) is 10.0. The number of likely N-dealkylation sites (tertiary alicyclic amines) is 1. The van der Waals surface area contributed by atoms with Crippen LogP contribution in [-0.4, -0.2) is 52.3 Å². The number of carbonyl (C=O) groups excluding carboxylic acids is 2. The summed E-state index contributed by atoms with van der Waals surface area (Å²) in [7, 11) is 0. The lowest BCUT2D eigenvalue weighted by Gasteiger charge is -2.30. The van der Waals surface area contributed by atoms with Crippen molar-refractivity contribution < 1.29 is 24.7 Å². The van der Waals surface area contributed by atoms with E-state index in [1.165, 1.54) is 22.5 Å². The Balaban J connectivity index is 1.89. The number of hydrogen-bond acceptors (Lipinski definition) is 5. The van der Waals surface area contributed by atoms with E-state index in [1.807, 2.05) is 0 Å². The number of hydroxylamine groups is 1. The minimum absolute atomic E-state index is 0.0784. The molecule has 0 aliphatic carbocycles. The van der Waals surface area contributed by atoms with Gasteiger partial charge in [-0.15, -0.1) is 11.3 Å². The standard InChI is InChI=1S/C12H15N3O5S/c16-10(8-1-2-9(21-8)11(17)14-20)13-7-3-5-15(6-4-7)12(18)19/h1-2,7,20H,3-6H2,(H,13,16)(H,14,17)(H,18,19). The third kappa shape index (κ3) is 3.70. The summed E-state index contributed by atoms with van der Waals surface area (Å²) < 4.78 is 0. The predicted octanol–water partition coefficient (Wildman–Crippen LogP) is 0.739. The Morgan fingerprint density at radius 1 is 1.14 bits per heavy atom. The summed E-state index contributed by atoms with van der Waals surface area (Å²) in [6.07, 6.45) is 0.179. The van der Waals surface area contributed by atoms with E-state index in [0.29, 0.717) is 30.8 Å². The van der Waals surface area contributed by atoms with Crippen molar-refractivity contribution in [1.29, 1.82) is 0 Å². The van der Waals surface area contributed by atoms with Crippen LogP contribution in [0, 0.1) is 0 Å². The molecule has 1 fully saturated rings. The molecule has 0 aromatic carbocycles. The number of carbonyl (C=O) groups is 3. The quantitative estimate of drug-likeness (QED) is 0.485. The van der Waals surface area contributed by atoms with Gasteiger partial charge in [0, 0.05) is 19.1 Å². The lowest BCUT2D eigenvalue weighted by Crippen LogP contribution is -2.46. The topological polar surface area (TPSA) is 119 Å². The molecule has 9 heteroatoms. The minimum atomic E-state index is -0.947. The number of carboxylic acid groups (broad SMARTS) is 1. The van der Waals surface area contributed by atoms with Crippen molar-refractivity contribution in [3.05, 3.63) is 21.9 Å². The molecular formula is C12H15N3O5S. The zero-order valence-corrected chi connectivity index (χ0v) is 11.9. The molecule has 1 aliphatic heterocycles. The molecule has 1 saturated heterocycles. The second kappa shape index (κ2) is 6.55. The van der Waals surface area contributed by atoms with E-state index in [-0.39, 0.29) is 16.8 Å². The number of nitrogens with one attached hydrogen (secondary N) is 2. The molecule has 2 heterocycles. The highest BCUT2D eigenvalue weighted by Crippen LogP contribution is 2.17. The number of piperidine rings is 1. The monoisotopic (exact) mass is 313 g/mol. The van der Waals surface area contributed by atoms with E-state index < -0.39 is 12.0 Å². The highest BCUT2D eigenvalue weighted by atomic mass is 32.1. The minimum Gasteiger partial charge on any atom is -0.465 e. The molecule has 114 valence electrons. The first-order valence-electron chi connectivity index (χ1n) is 6.34. The zero-order valence-electron chi connectivity index (χ0n) is 11.0. The van der Waals surface area contributed by atoms with E-state index in [0.717, 1.165) is 11.3 Å². The van der Waals surface area contributed by atoms with Crippen LogP contribution in [-0.2, 0) is 0 Å². The maximum absolute atomic E-state index is 12.0. The first kappa shape index (κ1) is 15.3. The van der Waals surface area contributed by atoms with Crippen LogP contribution in [0.25, 0.3) is 0 Å². The van der Waals surface area contributed by atoms with Gasteiger partial charge in [-0.2, -0.15) is 0 Å². The first-order valence-corrected chi connectivity index (χ1v) is 7.16. The Bertz CT molecular complexity index is 551. The molecule has 4 N–H and O–H groups in total. The van der Waals surface area contributed by atoms with Crippen LogP contribution in [0.5, 0.6) is 0 Å². The Labute approximate surface area is 124 Å². The van der Waals surface area contributed by atoms with Crippen LogP contribution in [0.15, 0.2) is 12.1 Å². The molecule has 3 amide bonds. The molecule has 21 heavy (non-hydrogen) atoms. The Hall–Kier alpha value is -2.13. The van der Waals surface area contributed by atoms with Crippen molar-refractivity contribution >= 4 is 29.2 Å². The molecule has 8 nitrogen and oxygen atoms in total. The number of thiophene rings is 1. The fourth-order valence-corrected chi connectivity index (χ4v) is 2.91. The molecule has 1 aliphatic rings. The van der Waals surface area contributed by atoms with Crippen molar-refractivity contribution in [2.24, 2.45) is 0 Å². The van der Waals surface area contributed by atoms with Gasteiger partial charge in [-0.3, -0.25) is 14.8 Å². The van der Waals surface area contributed by atoms with Gasteiger partial charge < -0.3 is 15.3 Å². The van der Waals surface area contributed by atoms with Crippen molar-refractivity contribution in [3.63, 3.8) is 0 Å². The fraction of sp³-hybridized carbons (Fsp3) is 0.417. The fourth-order valence-electron chi connectivity index (χ4n) is 2.11. The van der Waals surface area contributed by atoms with E-state index in [4.69, 9.17) is 10.3 Å². The molecule has 0 radical (unpaired) electrons. The van der Waals surface area contributed by atoms with Gasteiger partial charge in [0.2, 0.25) is 0 Å². The largest absolute Gasteiger partial charge is 0.465 e. The third-order valence-corrected chi connectivity index (χ3v) is 4.34. The Morgan fingerprint density at radius 2 is 1.71 bits per heavy atom. The van der Waals surface area contributed by atoms with Gasteiger partial charge in [0.05, 0.1) is 9.75 Å². The normalized spacial score (nSPS) is 15.6. The van der Waals surface area contributed by atoms with Crippen molar-refractivity contribution in [2.75, 3.05) is 13.1 Å². The van der Waals surface area contributed by atoms with Gasteiger partial charge in [-0.1, -0.05) is 0 Å². The second-order valence-corrected chi connectivity index (χ2v) is 5.71. The molecule has 0 bridgehead atoms. The lowest BCUT2D eigenvalue weighted by molar-refractivity contribution is 0.0711. The maximum Gasteiger partial charge on any atom is 0.407 e. The van der Waals surface area contributed by atoms with Gasteiger partial charge in [-0.05, 0) is 25.0 Å². The van der Waals surface area contributed by atoms with E-state index in [2.05, 4.69) is 5.32 Å². The molecular weight excluding hydrogens is 298 g/mol. The molecule has 0 spiro atoms. The summed E-state index contributed by atoms with van der Waals surface area (Å²) >= 11 is 0.979. The van der Waals surface area contributed by atoms with Crippen molar-refractivity contribution in [3.8, 4) is 0 Å². The highest BCUT2D eigenvalue weighted by Gasteiger charge is 2.24. The van der Waals surface area contributed by atoms with Gasteiger partial charge in [0.1, 0.15) is 0 Å². The van der Waals surface area contributed by atoms with Crippen LogP contribution >= 0.6 is 11.3 Å². The molecule has 0 saturated carbocycles.